The second-order valence-electron chi connectivity index (χ2n) is 9.23. The van der Waals surface area contributed by atoms with Gasteiger partial charge in [0.05, 0.1) is 11.5 Å². The number of aryl methyl sites for hydroxylation is 1. The van der Waals surface area contributed by atoms with E-state index in [0.29, 0.717) is 19.4 Å². The molecule has 1 aromatic carbocycles. The van der Waals surface area contributed by atoms with Crippen molar-refractivity contribution in [1.29, 1.82) is 0 Å². The molecular weight excluding hydrogens is 418 g/mol. The molecule has 4 rings (SSSR count). The molecule has 9 heteroatoms. The molecule has 2 aliphatic heterocycles. The van der Waals surface area contributed by atoms with E-state index >= 15 is 0 Å². The number of benzene rings is 1. The number of amides is 4. The summed E-state index contributed by atoms with van der Waals surface area (Å²) in [4.78, 5) is 42.0. The monoisotopic (exact) mass is 447 g/mol. The lowest BCUT2D eigenvalue weighted by atomic mass is 9.76. The summed E-state index contributed by atoms with van der Waals surface area (Å²) in [5.74, 6) is -0.667. The van der Waals surface area contributed by atoms with Crippen LogP contribution in [0.3, 0.4) is 0 Å². The predicted molar refractivity (Wildman–Crippen MR) is 115 cm³/mol. The summed E-state index contributed by atoms with van der Waals surface area (Å²) in [6, 6.07) is 6.62. The number of carbonyl (C=O) groups is 3. The van der Waals surface area contributed by atoms with Crippen molar-refractivity contribution >= 4 is 27.7 Å². The van der Waals surface area contributed by atoms with Gasteiger partial charge in [0, 0.05) is 12.6 Å². The fraction of sp³-hybridized carbons (Fsp3) is 0.591. The molecule has 1 aliphatic carbocycles. The number of sulfone groups is 1. The van der Waals surface area contributed by atoms with Crippen LogP contribution in [0.5, 0.6) is 0 Å². The Morgan fingerprint density at radius 1 is 1.29 bits per heavy atom. The number of fused-ring (bicyclic) bond motifs is 2. The summed E-state index contributed by atoms with van der Waals surface area (Å²) in [6.07, 6.45) is 2.50. The second kappa shape index (κ2) is 7.93. The van der Waals surface area contributed by atoms with Crippen LogP contribution in [0, 0.1) is 5.92 Å². The number of carbonyl (C=O) groups excluding carboxylic acids is 3. The van der Waals surface area contributed by atoms with Gasteiger partial charge in [0.25, 0.3) is 5.91 Å². The first-order valence-corrected chi connectivity index (χ1v) is 12.7. The molecule has 2 saturated heterocycles. The molecule has 1 N–H and O–H groups in total. The Kier molecular flexibility index (Phi) is 5.57. The maximum absolute atomic E-state index is 13.4. The zero-order chi connectivity index (χ0) is 22.4. The SMILES string of the molecule is CC(C)CN(C(=O)CN1C(=O)NC2(CCCc3ccccc32)C1=O)C1CCS(=O)(=O)C1. The van der Waals surface area contributed by atoms with E-state index in [4.69, 9.17) is 0 Å². The number of nitrogens with zero attached hydrogens (tertiary/aromatic N) is 2. The van der Waals surface area contributed by atoms with E-state index in [1.165, 1.54) is 0 Å². The van der Waals surface area contributed by atoms with Gasteiger partial charge in [-0.2, -0.15) is 0 Å². The molecule has 8 nitrogen and oxygen atoms in total. The Bertz CT molecular complexity index is 1020. The van der Waals surface area contributed by atoms with Crippen LogP contribution in [-0.4, -0.2) is 66.7 Å². The summed E-state index contributed by atoms with van der Waals surface area (Å²) in [5, 5.41) is 2.86. The van der Waals surface area contributed by atoms with Crippen LogP contribution in [0.15, 0.2) is 24.3 Å². The third kappa shape index (κ3) is 3.95. The topological polar surface area (TPSA) is 104 Å². The fourth-order valence-corrected chi connectivity index (χ4v) is 6.78. The van der Waals surface area contributed by atoms with Crippen LogP contribution >= 0.6 is 0 Å². The molecule has 2 fully saturated rings. The van der Waals surface area contributed by atoms with Crippen LogP contribution in [-0.2, 0) is 31.4 Å². The van der Waals surface area contributed by atoms with Crippen molar-refractivity contribution in [3.63, 3.8) is 0 Å². The molecule has 4 amide bonds. The van der Waals surface area contributed by atoms with Gasteiger partial charge in [-0.25, -0.2) is 13.2 Å². The van der Waals surface area contributed by atoms with E-state index in [1.807, 2.05) is 38.1 Å². The highest BCUT2D eigenvalue weighted by atomic mass is 32.2. The summed E-state index contributed by atoms with van der Waals surface area (Å²) in [7, 11) is -3.17. The lowest BCUT2D eigenvalue weighted by Gasteiger charge is -2.34. The van der Waals surface area contributed by atoms with Crippen molar-refractivity contribution < 1.29 is 22.8 Å². The lowest BCUT2D eigenvalue weighted by molar-refractivity contribution is -0.140. The minimum Gasteiger partial charge on any atom is -0.337 e. The van der Waals surface area contributed by atoms with E-state index in [2.05, 4.69) is 5.32 Å². The molecule has 0 bridgehead atoms. The van der Waals surface area contributed by atoms with Gasteiger partial charge in [0.1, 0.15) is 12.1 Å². The zero-order valence-electron chi connectivity index (χ0n) is 18.0. The summed E-state index contributed by atoms with van der Waals surface area (Å²) in [5.41, 5.74) is 0.717. The first kappa shape index (κ1) is 21.8. The number of rotatable bonds is 5. The fourth-order valence-electron chi connectivity index (χ4n) is 5.05. The summed E-state index contributed by atoms with van der Waals surface area (Å²) in [6.45, 7) is 3.91. The quantitative estimate of drug-likeness (QED) is 0.688. The van der Waals surface area contributed by atoms with Crippen LogP contribution in [0.2, 0.25) is 0 Å². The molecule has 2 heterocycles. The summed E-state index contributed by atoms with van der Waals surface area (Å²) < 4.78 is 23.9. The molecule has 2 unspecified atom stereocenters. The number of imide groups is 1. The van der Waals surface area contributed by atoms with Crippen molar-refractivity contribution in [2.75, 3.05) is 24.6 Å². The highest BCUT2D eigenvalue weighted by Gasteiger charge is 2.54. The van der Waals surface area contributed by atoms with Gasteiger partial charge in [-0.15, -0.1) is 0 Å². The average molecular weight is 448 g/mol. The van der Waals surface area contributed by atoms with E-state index < -0.39 is 33.4 Å². The molecule has 2 atom stereocenters. The van der Waals surface area contributed by atoms with Crippen molar-refractivity contribution in [2.24, 2.45) is 5.92 Å². The van der Waals surface area contributed by atoms with E-state index in [0.717, 1.165) is 28.9 Å². The minimum absolute atomic E-state index is 0.0581. The van der Waals surface area contributed by atoms with Crippen molar-refractivity contribution in [2.45, 2.75) is 51.1 Å². The van der Waals surface area contributed by atoms with Crippen molar-refractivity contribution in [1.82, 2.24) is 15.1 Å². The summed E-state index contributed by atoms with van der Waals surface area (Å²) >= 11 is 0. The third-order valence-electron chi connectivity index (χ3n) is 6.48. The third-order valence-corrected chi connectivity index (χ3v) is 8.23. The van der Waals surface area contributed by atoms with Gasteiger partial charge in [-0.05, 0) is 42.7 Å². The molecule has 0 saturated carbocycles. The molecule has 1 aromatic rings. The Hall–Kier alpha value is -2.42. The van der Waals surface area contributed by atoms with Gasteiger partial charge in [0.15, 0.2) is 9.84 Å². The molecule has 0 aromatic heterocycles. The average Bonchev–Trinajstić information content (AvgIpc) is 3.18. The number of hydrogen-bond acceptors (Lipinski definition) is 5. The smallest absolute Gasteiger partial charge is 0.325 e. The van der Waals surface area contributed by atoms with Gasteiger partial charge in [-0.3, -0.25) is 14.5 Å². The molecule has 168 valence electrons. The van der Waals surface area contributed by atoms with E-state index in [9.17, 15) is 22.8 Å². The van der Waals surface area contributed by atoms with E-state index in [1.54, 1.807) is 4.90 Å². The maximum Gasteiger partial charge on any atom is 0.325 e. The number of nitrogens with one attached hydrogen (secondary N) is 1. The van der Waals surface area contributed by atoms with Gasteiger partial charge in [0.2, 0.25) is 5.91 Å². The van der Waals surface area contributed by atoms with Gasteiger partial charge in [-0.1, -0.05) is 38.1 Å². The van der Waals surface area contributed by atoms with Crippen molar-refractivity contribution in [3.8, 4) is 0 Å². The highest BCUT2D eigenvalue weighted by Crippen LogP contribution is 2.39. The van der Waals surface area contributed by atoms with Gasteiger partial charge < -0.3 is 10.2 Å². The van der Waals surface area contributed by atoms with E-state index in [-0.39, 0.29) is 29.9 Å². The first-order valence-electron chi connectivity index (χ1n) is 10.9. The predicted octanol–water partition coefficient (Wildman–Crippen LogP) is 1.44. The Labute approximate surface area is 182 Å². The van der Waals surface area contributed by atoms with Crippen molar-refractivity contribution in [3.05, 3.63) is 35.4 Å². The molecule has 31 heavy (non-hydrogen) atoms. The normalized spacial score (nSPS) is 26.9. The standard InChI is InChI=1S/C22H29N3O5S/c1-15(2)12-24(17-9-11-31(29,30)14-17)19(26)13-25-20(27)22(23-21(25)28)10-5-7-16-6-3-4-8-18(16)22/h3-4,6,8,15,17H,5,7,9-14H2,1-2H3,(H,23,28). The second-order valence-corrected chi connectivity index (χ2v) is 11.5. The van der Waals surface area contributed by atoms with Crippen LogP contribution < -0.4 is 5.32 Å². The Morgan fingerprint density at radius 2 is 2.03 bits per heavy atom. The van der Waals surface area contributed by atoms with Gasteiger partial charge >= 0.3 is 6.03 Å². The maximum atomic E-state index is 13.4. The van der Waals surface area contributed by atoms with Crippen LogP contribution in [0.25, 0.3) is 0 Å². The molecule has 0 radical (unpaired) electrons. The highest BCUT2D eigenvalue weighted by molar-refractivity contribution is 7.91. The Balaban J connectivity index is 1.57. The number of hydrogen-bond donors (Lipinski definition) is 1. The zero-order valence-corrected chi connectivity index (χ0v) is 18.8. The first-order chi connectivity index (χ1) is 14.6. The molecule has 1 spiro atoms. The number of urea groups is 1. The molecular formula is C22H29N3O5S. The minimum atomic E-state index is -3.17. The lowest BCUT2D eigenvalue weighted by Crippen LogP contribution is -2.50. The Morgan fingerprint density at radius 3 is 2.71 bits per heavy atom. The van der Waals surface area contributed by atoms with Crippen LogP contribution in [0.1, 0.15) is 44.2 Å². The molecule has 3 aliphatic rings. The van der Waals surface area contributed by atoms with Crippen LogP contribution in [0.4, 0.5) is 4.79 Å². The largest absolute Gasteiger partial charge is 0.337 e.